The molecule has 0 N–H and O–H groups in total. The highest BCUT2D eigenvalue weighted by Gasteiger charge is 2.64. The lowest BCUT2D eigenvalue weighted by atomic mass is 10.00. The molecule has 2 saturated heterocycles. The fourth-order valence-electron chi connectivity index (χ4n) is 3.98. The molecule has 0 aromatic carbocycles. The highest BCUT2D eigenvalue weighted by atomic mass is 28.4. The molecule has 0 bridgehead atoms. The summed E-state index contributed by atoms with van der Waals surface area (Å²) in [5.41, 5.74) is 0. The topological polar surface area (TPSA) is 72.5 Å². The zero-order valence-electron chi connectivity index (χ0n) is 24.4. The van der Waals surface area contributed by atoms with Crippen molar-refractivity contribution >= 4 is 22.6 Å². The van der Waals surface area contributed by atoms with E-state index in [1.54, 1.807) is 6.08 Å². The van der Waals surface area contributed by atoms with E-state index in [0.717, 1.165) is 0 Å². The summed E-state index contributed by atoms with van der Waals surface area (Å²) in [7, 11) is -4.64. The quantitative estimate of drug-likeness (QED) is 0.212. The van der Waals surface area contributed by atoms with Crippen LogP contribution in [0, 0.1) is 0 Å². The highest BCUT2D eigenvalue weighted by molar-refractivity contribution is 6.74. The SMILES string of the molecule is C=CC[C@@]1(OC(C)=O)O[C@H]([C@H]2COC(C)(C)O2)[C@H](O[Si](C)(C)C(C)(C)C)[C@H]1O[Si](C)(C)C(C)(C)C. The van der Waals surface area contributed by atoms with Gasteiger partial charge in [-0.3, -0.25) is 4.79 Å². The van der Waals surface area contributed by atoms with Crippen LogP contribution in [0.3, 0.4) is 0 Å². The average Bonchev–Trinajstić information content (AvgIpc) is 3.11. The first kappa shape index (κ1) is 30.7. The van der Waals surface area contributed by atoms with Crippen LogP contribution in [-0.2, 0) is 32.6 Å². The Kier molecular flexibility index (Phi) is 8.73. The first-order valence-electron chi connectivity index (χ1n) is 12.7. The van der Waals surface area contributed by atoms with Gasteiger partial charge in [0, 0.05) is 13.3 Å². The molecule has 2 aliphatic rings. The van der Waals surface area contributed by atoms with Crippen LogP contribution in [0.1, 0.15) is 68.7 Å². The number of hydrogen-bond acceptors (Lipinski definition) is 7. The Labute approximate surface area is 215 Å². The lowest BCUT2D eigenvalue weighted by molar-refractivity contribution is -0.253. The molecule has 2 fully saturated rings. The van der Waals surface area contributed by atoms with E-state index >= 15 is 0 Å². The molecule has 0 radical (unpaired) electrons. The van der Waals surface area contributed by atoms with Gasteiger partial charge in [0.1, 0.15) is 24.4 Å². The second kappa shape index (κ2) is 9.96. The molecule has 0 aliphatic carbocycles. The Hall–Kier alpha value is -0.556. The maximum absolute atomic E-state index is 12.4. The van der Waals surface area contributed by atoms with Crippen molar-refractivity contribution in [3.05, 3.63) is 12.7 Å². The summed E-state index contributed by atoms with van der Waals surface area (Å²) >= 11 is 0. The van der Waals surface area contributed by atoms with E-state index in [2.05, 4.69) is 74.3 Å². The van der Waals surface area contributed by atoms with Gasteiger partial charge in [-0.1, -0.05) is 47.6 Å². The van der Waals surface area contributed by atoms with Crippen molar-refractivity contribution in [2.45, 2.75) is 141 Å². The number of carbonyl (C=O) groups excluding carboxylic acids is 1. The summed E-state index contributed by atoms with van der Waals surface area (Å²) < 4.78 is 38.9. The molecule has 0 aromatic heterocycles. The predicted octanol–water partition coefficient (Wildman–Crippen LogP) is 6.15. The summed E-state index contributed by atoms with van der Waals surface area (Å²) in [5.74, 6) is -2.54. The molecule has 204 valence electrons. The molecule has 0 spiro atoms. The van der Waals surface area contributed by atoms with Gasteiger partial charge in [-0.15, -0.1) is 6.58 Å². The lowest BCUT2D eigenvalue weighted by Crippen LogP contribution is -2.58. The molecule has 2 aliphatic heterocycles. The van der Waals surface area contributed by atoms with Crippen molar-refractivity contribution in [2.75, 3.05) is 6.61 Å². The molecule has 7 nitrogen and oxygen atoms in total. The third kappa shape index (κ3) is 6.66. The average molecular weight is 531 g/mol. The first-order valence-corrected chi connectivity index (χ1v) is 18.5. The predicted molar refractivity (Wildman–Crippen MR) is 143 cm³/mol. The minimum absolute atomic E-state index is 0.0451. The molecule has 0 saturated carbocycles. The molecule has 5 atom stereocenters. The third-order valence-electron chi connectivity index (χ3n) is 8.00. The first-order chi connectivity index (χ1) is 15.6. The highest BCUT2D eigenvalue weighted by Crippen LogP contribution is 2.49. The van der Waals surface area contributed by atoms with E-state index in [1.165, 1.54) is 6.92 Å². The molecule has 0 amide bonds. The van der Waals surface area contributed by atoms with Gasteiger partial charge < -0.3 is 27.8 Å². The summed E-state index contributed by atoms with van der Waals surface area (Å²) in [5, 5.41) is -0.117. The van der Waals surface area contributed by atoms with Crippen LogP contribution in [-0.4, -0.2) is 65.2 Å². The summed E-state index contributed by atoms with van der Waals surface area (Å²) in [4.78, 5) is 12.4. The number of esters is 1. The van der Waals surface area contributed by atoms with Crippen molar-refractivity contribution in [3.8, 4) is 0 Å². The molecule has 9 heteroatoms. The van der Waals surface area contributed by atoms with Crippen LogP contribution in [0.4, 0.5) is 0 Å². The number of carbonyl (C=O) groups is 1. The fraction of sp³-hybridized carbons (Fsp3) is 0.885. The number of ether oxygens (including phenoxy) is 4. The van der Waals surface area contributed by atoms with Gasteiger partial charge in [-0.05, 0) is 50.1 Å². The van der Waals surface area contributed by atoms with Crippen LogP contribution in [0.15, 0.2) is 12.7 Å². The lowest BCUT2D eigenvalue weighted by Gasteiger charge is -2.45. The van der Waals surface area contributed by atoms with E-state index in [-0.39, 0.29) is 16.5 Å². The van der Waals surface area contributed by atoms with Crippen LogP contribution in [0.5, 0.6) is 0 Å². The number of hydrogen-bond donors (Lipinski definition) is 0. The Morgan fingerprint density at radius 3 is 1.91 bits per heavy atom. The second-order valence-electron chi connectivity index (χ2n) is 13.5. The van der Waals surface area contributed by atoms with Gasteiger partial charge in [-0.2, -0.15) is 0 Å². The molecular formula is C26H50O7Si2. The van der Waals surface area contributed by atoms with Crippen LogP contribution >= 0.6 is 0 Å². The van der Waals surface area contributed by atoms with E-state index in [0.29, 0.717) is 6.61 Å². The maximum Gasteiger partial charge on any atom is 0.305 e. The molecular weight excluding hydrogens is 480 g/mol. The van der Waals surface area contributed by atoms with Crippen molar-refractivity contribution in [2.24, 2.45) is 0 Å². The largest absolute Gasteiger partial charge is 0.430 e. The van der Waals surface area contributed by atoms with Crippen molar-refractivity contribution in [1.29, 1.82) is 0 Å². The molecule has 0 unspecified atom stereocenters. The third-order valence-corrected chi connectivity index (χ3v) is 16.9. The van der Waals surface area contributed by atoms with Gasteiger partial charge in [0.25, 0.3) is 0 Å². The Morgan fingerprint density at radius 2 is 1.51 bits per heavy atom. The van der Waals surface area contributed by atoms with Gasteiger partial charge in [-0.25, -0.2) is 0 Å². The normalized spacial score (nSPS) is 32.0. The maximum atomic E-state index is 12.4. The van der Waals surface area contributed by atoms with Crippen LogP contribution in [0.2, 0.25) is 36.3 Å². The van der Waals surface area contributed by atoms with E-state index in [9.17, 15) is 4.79 Å². The molecule has 2 heterocycles. The van der Waals surface area contributed by atoms with Gasteiger partial charge in [0.2, 0.25) is 5.79 Å². The van der Waals surface area contributed by atoms with Gasteiger partial charge in [0.05, 0.1) is 6.61 Å². The number of rotatable bonds is 8. The summed E-state index contributed by atoms with van der Waals surface area (Å²) in [6.45, 7) is 31.4. The Morgan fingerprint density at radius 1 is 1.00 bits per heavy atom. The van der Waals surface area contributed by atoms with Gasteiger partial charge in [0.15, 0.2) is 22.4 Å². The fourth-order valence-corrected chi connectivity index (χ4v) is 6.57. The smallest absolute Gasteiger partial charge is 0.305 e. The molecule has 0 aromatic rings. The zero-order valence-corrected chi connectivity index (χ0v) is 26.4. The Balaban J connectivity index is 2.68. The standard InChI is InChI=1S/C26H50O7Si2/c1-15-16-26(29-18(2)27)22(33-35(13,14)24(6,7)8)21(32-34(11,12)23(3,4)5)20(31-26)19-17-28-25(9,10)30-19/h15,19-22H,1,16-17H2,2-14H3/t19-,20-,21+,22-,26-/m1/s1. The van der Waals surface area contributed by atoms with Gasteiger partial charge >= 0.3 is 5.97 Å². The second-order valence-corrected chi connectivity index (χ2v) is 23.0. The monoisotopic (exact) mass is 530 g/mol. The van der Waals surface area contributed by atoms with Crippen LogP contribution < -0.4 is 0 Å². The van der Waals surface area contributed by atoms with E-state index in [4.69, 9.17) is 27.8 Å². The van der Waals surface area contributed by atoms with Crippen molar-refractivity contribution in [3.63, 3.8) is 0 Å². The molecule has 2 rings (SSSR count). The van der Waals surface area contributed by atoms with E-state index < -0.39 is 58.6 Å². The van der Waals surface area contributed by atoms with Crippen LogP contribution in [0.25, 0.3) is 0 Å². The summed E-state index contributed by atoms with van der Waals surface area (Å²) in [6.07, 6.45) is -0.0976. The van der Waals surface area contributed by atoms with Crippen molar-refractivity contribution < 1.29 is 32.6 Å². The minimum atomic E-state index is -2.34. The van der Waals surface area contributed by atoms with Crippen molar-refractivity contribution in [1.82, 2.24) is 0 Å². The Bertz CT molecular complexity index is 782. The summed E-state index contributed by atoms with van der Waals surface area (Å²) in [6, 6.07) is 0. The zero-order chi connectivity index (χ0) is 27.3. The molecule has 35 heavy (non-hydrogen) atoms. The minimum Gasteiger partial charge on any atom is -0.430 e. The van der Waals surface area contributed by atoms with E-state index in [1.807, 2.05) is 13.8 Å².